The second kappa shape index (κ2) is 3.08. The van der Waals surface area contributed by atoms with E-state index in [0.717, 1.165) is 16.8 Å². The molecule has 1 aliphatic heterocycles. The van der Waals surface area contributed by atoms with Crippen LogP contribution in [0.5, 0.6) is 0 Å². The number of carbonyl (C=O) groups excluding carboxylic acids is 1. The average Bonchev–Trinajstić information content (AvgIpc) is 2.19. The third-order valence-corrected chi connectivity index (χ3v) is 2.27. The van der Waals surface area contributed by atoms with Gasteiger partial charge in [-0.05, 0) is 23.8 Å². The standard InChI is InChI=1S/C11H10N2O/c1-3-8-4-5-10-9(6-8)7-13(2)11(14)12-10/h1,4-6H,7H2,2H3,(H,12,14). The van der Waals surface area contributed by atoms with Gasteiger partial charge in [0.05, 0.1) is 0 Å². The monoisotopic (exact) mass is 186 g/mol. The fraction of sp³-hybridized carbons (Fsp3) is 0.182. The molecule has 0 radical (unpaired) electrons. The van der Waals surface area contributed by atoms with Gasteiger partial charge in [0, 0.05) is 24.8 Å². The normalized spacial score (nSPS) is 14.3. The predicted octanol–water partition coefficient (Wildman–Crippen LogP) is 1.65. The Morgan fingerprint density at radius 3 is 3.07 bits per heavy atom. The van der Waals surface area contributed by atoms with Crippen LogP contribution in [0.2, 0.25) is 0 Å². The summed E-state index contributed by atoms with van der Waals surface area (Å²) >= 11 is 0. The Morgan fingerprint density at radius 2 is 2.36 bits per heavy atom. The van der Waals surface area contributed by atoms with Crippen LogP contribution in [0.4, 0.5) is 10.5 Å². The van der Waals surface area contributed by atoms with Crippen molar-refractivity contribution in [1.82, 2.24) is 4.90 Å². The lowest BCUT2D eigenvalue weighted by Crippen LogP contribution is -2.35. The molecule has 0 saturated carbocycles. The van der Waals surface area contributed by atoms with Crippen molar-refractivity contribution < 1.29 is 4.79 Å². The van der Waals surface area contributed by atoms with Crippen LogP contribution >= 0.6 is 0 Å². The number of anilines is 1. The largest absolute Gasteiger partial charge is 0.323 e. The summed E-state index contributed by atoms with van der Waals surface area (Å²) < 4.78 is 0. The molecule has 0 unspecified atom stereocenters. The topological polar surface area (TPSA) is 32.3 Å². The van der Waals surface area contributed by atoms with E-state index < -0.39 is 0 Å². The molecular weight excluding hydrogens is 176 g/mol. The highest BCUT2D eigenvalue weighted by atomic mass is 16.2. The summed E-state index contributed by atoms with van der Waals surface area (Å²) in [6.07, 6.45) is 5.29. The number of nitrogens with zero attached hydrogens (tertiary/aromatic N) is 1. The van der Waals surface area contributed by atoms with Crippen molar-refractivity contribution in [2.24, 2.45) is 0 Å². The smallest absolute Gasteiger partial charge is 0.321 e. The Kier molecular flexibility index (Phi) is 1.90. The molecule has 1 aliphatic rings. The zero-order valence-electron chi connectivity index (χ0n) is 7.87. The molecule has 1 aromatic rings. The number of terminal acetylenes is 1. The van der Waals surface area contributed by atoms with Crippen molar-refractivity contribution in [3.05, 3.63) is 29.3 Å². The van der Waals surface area contributed by atoms with E-state index in [1.54, 1.807) is 11.9 Å². The van der Waals surface area contributed by atoms with E-state index in [-0.39, 0.29) is 6.03 Å². The highest BCUT2D eigenvalue weighted by Gasteiger charge is 2.18. The number of amides is 2. The van der Waals surface area contributed by atoms with Crippen LogP contribution in [-0.4, -0.2) is 18.0 Å². The van der Waals surface area contributed by atoms with E-state index in [4.69, 9.17) is 6.42 Å². The minimum atomic E-state index is -0.0778. The Bertz CT molecular complexity index is 431. The Hall–Kier alpha value is -1.95. The first kappa shape index (κ1) is 8.64. The summed E-state index contributed by atoms with van der Waals surface area (Å²) in [6, 6.07) is 5.51. The summed E-state index contributed by atoms with van der Waals surface area (Å²) in [7, 11) is 1.75. The van der Waals surface area contributed by atoms with Crippen LogP contribution in [0.3, 0.4) is 0 Å². The van der Waals surface area contributed by atoms with E-state index in [9.17, 15) is 4.79 Å². The third-order valence-electron chi connectivity index (χ3n) is 2.27. The molecule has 3 heteroatoms. The Balaban J connectivity index is 2.43. The second-order valence-electron chi connectivity index (χ2n) is 3.30. The maximum absolute atomic E-state index is 11.3. The van der Waals surface area contributed by atoms with Gasteiger partial charge in [-0.25, -0.2) is 4.79 Å². The summed E-state index contributed by atoms with van der Waals surface area (Å²) in [6.45, 7) is 0.608. The van der Waals surface area contributed by atoms with Crippen molar-refractivity contribution in [3.8, 4) is 12.3 Å². The summed E-state index contributed by atoms with van der Waals surface area (Å²) in [5.74, 6) is 2.57. The first-order valence-electron chi connectivity index (χ1n) is 4.32. The summed E-state index contributed by atoms with van der Waals surface area (Å²) in [5.41, 5.74) is 2.75. The van der Waals surface area contributed by atoms with Crippen LogP contribution in [0, 0.1) is 12.3 Å². The molecule has 1 aromatic carbocycles. The molecule has 3 nitrogen and oxygen atoms in total. The Labute approximate surface area is 82.7 Å². The number of urea groups is 1. The maximum Gasteiger partial charge on any atom is 0.321 e. The van der Waals surface area contributed by atoms with Gasteiger partial charge in [-0.2, -0.15) is 0 Å². The number of hydrogen-bond donors (Lipinski definition) is 1. The zero-order chi connectivity index (χ0) is 10.1. The average molecular weight is 186 g/mol. The molecule has 0 fully saturated rings. The molecule has 1 N–H and O–H groups in total. The number of hydrogen-bond acceptors (Lipinski definition) is 1. The van der Waals surface area contributed by atoms with Crippen LogP contribution in [0.15, 0.2) is 18.2 Å². The minimum absolute atomic E-state index is 0.0778. The lowest BCUT2D eigenvalue weighted by Gasteiger charge is -2.25. The van der Waals surface area contributed by atoms with Gasteiger partial charge in [0.25, 0.3) is 0 Å². The molecule has 0 bridgehead atoms. The zero-order valence-corrected chi connectivity index (χ0v) is 7.87. The van der Waals surface area contributed by atoms with Crippen LogP contribution < -0.4 is 5.32 Å². The number of benzene rings is 1. The van der Waals surface area contributed by atoms with Crippen molar-refractivity contribution in [3.63, 3.8) is 0 Å². The van der Waals surface area contributed by atoms with Crippen LogP contribution in [0.1, 0.15) is 11.1 Å². The van der Waals surface area contributed by atoms with E-state index >= 15 is 0 Å². The molecule has 70 valence electrons. The fourth-order valence-corrected chi connectivity index (χ4v) is 1.47. The molecule has 2 rings (SSSR count). The van der Waals surface area contributed by atoms with Gasteiger partial charge in [0.15, 0.2) is 0 Å². The highest BCUT2D eigenvalue weighted by molar-refractivity contribution is 5.92. The van der Waals surface area contributed by atoms with Gasteiger partial charge in [-0.3, -0.25) is 0 Å². The molecule has 0 saturated heterocycles. The van der Waals surface area contributed by atoms with Gasteiger partial charge in [-0.1, -0.05) is 5.92 Å². The SMILES string of the molecule is C#Cc1ccc2c(c1)CN(C)C(=O)N2. The highest BCUT2D eigenvalue weighted by Crippen LogP contribution is 2.23. The lowest BCUT2D eigenvalue weighted by molar-refractivity contribution is 0.218. The molecule has 0 atom stereocenters. The van der Waals surface area contributed by atoms with E-state index in [1.807, 2.05) is 18.2 Å². The maximum atomic E-state index is 11.3. The van der Waals surface area contributed by atoms with Crippen molar-refractivity contribution in [2.45, 2.75) is 6.54 Å². The molecule has 0 aliphatic carbocycles. The molecule has 2 amide bonds. The number of fused-ring (bicyclic) bond motifs is 1. The first-order chi connectivity index (χ1) is 6.70. The minimum Gasteiger partial charge on any atom is -0.323 e. The summed E-state index contributed by atoms with van der Waals surface area (Å²) in [5, 5.41) is 2.78. The number of nitrogens with one attached hydrogen (secondary N) is 1. The van der Waals surface area contributed by atoms with Gasteiger partial charge < -0.3 is 10.2 Å². The second-order valence-corrected chi connectivity index (χ2v) is 3.30. The molecule has 0 aromatic heterocycles. The van der Waals surface area contributed by atoms with Gasteiger partial charge >= 0.3 is 6.03 Å². The predicted molar refractivity (Wildman–Crippen MR) is 54.9 cm³/mol. The van der Waals surface area contributed by atoms with E-state index in [1.165, 1.54) is 0 Å². The quantitative estimate of drug-likeness (QED) is 0.614. The lowest BCUT2D eigenvalue weighted by atomic mass is 10.1. The van der Waals surface area contributed by atoms with Gasteiger partial charge in [0.1, 0.15) is 0 Å². The fourth-order valence-electron chi connectivity index (χ4n) is 1.47. The Morgan fingerprint density at radius 1 is 1.57 bits per heavy atom. The molecule has 0 spiro atoms. The van der Waals surface area contributed by atoms with Crippen molar-refractivity contribution >= 4 is 11.7 Å². The van der Waals surface area contributed by atoms with Gasteiger partial charge in [-0.15, -0.1) is 6.42 Å². The van der Waals surface area contributed by atoms with E-state index in [2.05, 4.69) is 11.2 Å². The van der Waals surface area contributed by atoms with Crippen LogP contribution in [-0.2, 0) is 6.54 Å². The van der Waals surface area contributed by atoms with E-state index in [0.29, 0.717) is 6.54 Å². The number of carbonyl (C=O) groups is 1. The first-order valence-corrected chi connectivity index (χ1v) is 4.32. The van der Waals surface area contributed by atoms with Crippen LogP contribution in [0.25, 0.3) is 0 Å². The van der Waals surface area contributed by atoms with Crippen molar-refractivity contribution in [2.75, 3.05) is 12.4 Å². The molecule has 14 heavy (non-hydrogen) atoms. The summed E-state index contributed by atoms with van der Waals surface area (Å²) in [4.78, 5) is 12.9. The molecular formula is C11H10N2O. The third kappa shape index (κ3) is 1.31. The molecule has 1 heterocycles. The van der Waals surface area contributed by atoms with Crippen molar-refractivity contribution in [1.29, 1.82) is 0 Å². The number of rotatable bonds is 0. The van der Waals surface area contributed by atoms with Gasteiger partial charge in [0.2, 0.25) is 0 Å².